The molecule has 0 aliphatic carbocycles. The third kappa shape index (κ3) is 3.67. The van der Waals surface area contributed by atoms with Crippen LogP contribution in [-0.2, 0) is 6.42 Å². The summed E-state index contributed by atoms with van der Waals surface area (Å²) in [6, 6.07) is 9.04. The van der Waals surface area contributed by atoms with Gasteiger partial charge in [0, 0.05) is 23.0 Å². The molecule has 1 N–H and O–H groups in total. The topological polar surface area (TPSA) is 42.7 Å². The first-order valence-electron chi connectivity index (χ1n) is 6.99. The lowest BCUT2D eigenvalue weighted by Crippen LogP contribution is -2.24. The van der Waals surface area contributed by atoms with Gasteiger partial charge in [0.05, 0.1) is 0 Å². The van der Waals surface area contributed by atoms with Crippen LogP contribution in [0, 0.1) is 0 Å². The molecule has 5 heteroatoms. The van der Waals surface area contributed by atoms with Gasteiger partial charge in [0.2, 0.25) is 0 Å². The van der Waals surface area contributed by atoms with Crippen molar-refractivity contribution in [3.8, 4) is 0 Å². The molecule has 0 fully saturated rings. The van der Waals surface area contributed by atoms with Crippen LogP contribution in [0.3, 0.4) is 0 Å². The van der Waals surface area contributed by atoms with E-state index in [1.54, 1.807) is 6.33 Å². The fraction of sp³-hybridized carbons (Fsp3) is 0.467. The highest BCUT2D eigenvalue weighted by atomic mass is 79.9. The summed E-state index contributed by atoms with van der Waals surface area (Å²) in [5.41, 5.74) is 1.27. The van der Waals surface area contributed by atoms with Crippen molar-refractivity contribution in [3.63, 3.8) is 0 Å². The molecule has 4 nitrogen and oxygen atoms in total. The van der Waals surface area contributed by atoms with Gasteiger partial charge in [0.1, 0.15) is 12.2 Å². The van der Waals surface area contributed by atoms with E-state index >= 15 is 0 Å². The number of halogens is 1. The molecule has 0 bridgehead atoms. The fourth-order valence-corrected chi connectivity index (χ4v) is 2.55. The Morgan fingerprint density at radius 3 is 2.55 bits per heavy atom. The van der Waals surface area contributed by atoms with Crippen molar-refractivity contribution >= 4 is 15.9 Å². The van der Waals surface area contributed by atoms with Gasteiger partial charge in [-0.25, -0.2) is 9.67 Å². The van der Waals surface area contributed by atoms with Crippen LogP contribution in [0.2, 0.25) is 0 Å². The zero-order chi connectivity index (χ0) is 14.5. The van der Waals surface area contributed by atoms with Crippen LogP contribution < -0.4 is 5.32 Å². The molecule has 1 aromatic carbocycles. The Hall–Kier alpha value is -1.20. The summed E-state index contributed by atoms with van der Waals surface area (Å²) in [7, 11) is 0. The van der Waals surface area contributed by atoms with Gasteiger partial charge in [0.15, 0.2) is 0 Å². The Morgan fingerprint density at radius 1 is 1.25 bits per heavy atom. The Bertz CT molecular complexity index is 533. The van der Waals surface area contributed by atoms with Gasteiger partial charge >= 0.3 is 0 Å². The maximum absolute atomic E-state index is 4.41. The standard InChI is InChI=1S/C15H21BrN4/c1-4-17-14(12-5-7-13(16)8-6-12)9-15-18-10-19-20(15)11(2)3/h5-8,10-11,14,17H,4,9H2,1-3H3. The summed E-state index contributed by atoms with van der Waals surface area (Å²) >= 11 is 3.48. The van der Waals surface area contributed by atoms with Gasteiger partial charge in [-0.3, -0.25) is 0 Å². The molecule has 0 radical (unpaired) electrons. The summed E-state index contributed by atoms with van der Waals surface area (Å²) in [5, 5.41) is 7.83. The van der Waals surface area contributed by atoms with Gasteiger partial charge in [-0.1, -0.05) is 35.0 Å². The maximum Gasteiger partial charge on any atom is 0.138 e. The third-order valence-corrected chi connectivity index (χ3v) is 3.77. The number of hydrogen-bond acceptors (Lipinski definition) is 3. The van der Waals surface area contributed by atoms with Gasteiger partial charge in [-0.15, -0.1) is 0 Å². The predicted octanol–water partition coefficient (Wildman–Crippen LogP) is 3.51. The number of rotatable bonds is 6. The summed E-state index contributed by atoms with van der Waals surface area (Å²) in [6.45, 7) is 7.30. The molecule has 0 saturated heterocycles. The lowest BCUT2D eigenvalue weighted by molar-refractivity contribution is 0.468. The van der Waals surface area contributed by atoms with Crippen molar-refractivity contribution in [1.29, 1.82) is 0 Å². The molecular weight excluding hydrogens is 316 g/mol. The second kappa shape index (κ2) is 6.99. The predicted molar refractivity (Wildman–Crippen MR) is 84.7 cm³/mol. The van der Waals surface area contributed by atoms with E-state index in [2.05, 4.69) is 76.4 Å². The Labute approximate surface area is 128 Å². The van der Waals surface area contributed by atoms with E-state index in [9.17, 15) is 0 Å². The zero-order valence-corrected chi connectivity index (χ0v) is 13.8. The molecule has 0 aliphatic rings. The first kappa shape index (κ1) is 15.2. The van der Waals surface area contributed by atoms with Crippen LogP contribution in [0.4, 0.5) is 0 Å². The van der Waals surface area contributed by atoms with E-state index in [-0.39, 0.29) is 6.04 Å². The molecule has 2 rings (SSSR count). The molecule has 0 aliphatic heterocycles. The number of benzene rings is 1. The van der Waals surface area contributed by atoms with Crippen LogP contribution in [0.15, 0.2) is 35.1 Å². The normalized spacial score (nSPS) is 12.8. The molecule has 20 heavy (non-hydrogen) atoms. The van der Waals surface area contributed by atoms with E-state index in [4.69, 9.17) is 0 Å². The Balaban J connectivity index is 2.21. The first-order chi connectivity index (χ1) is 9.61. The highest BCUT2D eigenvalue weighted by Gasteiger charge is 2.16. The van der Waals surface area contributed by atoms with Gasteiger partial charge < -0.3 is 5.32 Å². The van der Waals surface area contributed by atoms with Gasteiger partial charge in [0.25, 0.3) is 0 Å². The van der Waals surface area contributed by atoms with Gasteiger partial charge in [-0.05, 0) is 38.1 Å². The molecule has 1 aromatic heterocycles. The lowest BCUT2D eigenvalue weighted by atomic mass is 10.0. The summed E-state index contributed by atoms with van der Waals surface area (Å²) in [6.07, 6.45) is 2.48. The molecule has 108 valence electrons. The molecule has 0 saturated carbocycles. The van der Waals surface area contributed by atoms with E-state index in [0.717, 1.165) is 23.3 Å². The van der Waals surface area contributed by atoms with Crippen molar-refractivity contribution < 1.29 is 0 Å². The van der Waals surface area contributed by atoms with Crippen LogP contribution in [0.5, 0.6) is 0 Å². The number of likely N-dealkylation sites (N-methyl/N-ethyl adjacent to an activating group) is 1. The van der Waals surface area contributed by atoms with Crippen molar-refractivity contribution in [2.24, 2.45) is 0 Å². The molecule has 2 aromatic rings. The van der Waals surface area contributed by atoms with Crippen molar-refractivity contribution in [3.05, 3.63) is 46.5 Å². The number of nitrogens with one attached hydrogen (secondary N) is 1. The zero-order valence-electron chi connectivity index (χ0n) is 12.2. The average Bonchev–Trinajstić information content (AvgIpc) is 2.87. The number of nitrogens with zero attached hydrogens (tertiary/aromatic N) is 3. The lowest BCUT2D eigenvalue weighted by Gasteiger charge is -2.19. The minimum atomic E-state index is 0.259. The SMILES string of the molecule is CCNC(Cc1ncnn1C(C)C)c1ccc(Br)cc1. The molecule has 0 amide bonds. The van der Waals surface area contributed by atoms with Crippen LogP contribution in [-0.4, -0.2) is 21.3 Å². The quantitative estimate of drug-likeness (QED) is 0.877. The largest absolute Gasteiger partial charge is 0.310 e. The van der Waals surface area contributed by atoms with Crippen molar-refractivity contribution in [2.45, 2.75) is 39.3 Å². The Kier molecular flexibility index (Phi) is 5.31. The van der Waals surface area contributed by atoms with E-state index < -0.39 is 0 Å². The molecule has 0 spiro atoms. The smallest absolute Gasteiger partial charge is 0.138 e. The summed E-state index contributed by atoms with van der Waals surface area (Å²) in [4.78, 5) is 4.41. The fourth-order valence-electron chi connectivity index (χ4n) is 2.28. The minimum Gasteiger partial charge on any atom is -0.310 e. The summed E-state index contributed by atoms with van der Waals surface area (Å²) < 4.78 is 3.09. The third-order valence-electron chi connectivity index (χ3n) is 3.25. The highest BCUT2D eigenvalue weighted by molar-refractivity contribution is 9.10. The van der Waals surface area contributed by atoms with E-state index in [1.807, 2.05) is 4.68 Å². The van der Waals surface area contributed by atoms with Crippen molar-refractivity contribution in [1.82, 2.24) is 20.1 Å². The minimum absolute atomic E-state index is 0.259. The maximum atomic E-state index is 4.41. The molecule has 1 unspecified atom stereocenters. The highest BCUT2D eigenvalue weighted by Crippen LogP contribution is 2.21. The van der Waals surface area contributed by atoms with Gasteiger partial charge in [-0.2, -0.15) is 5.10 Å². The molecule has 1 heterocycles. The van der Waals surface area contributed by atoms with Crippen LogP contribution >= 0.6 is 15.9 Å². The Morgan fingerprint density at radius 2 is 1.95 bits per heavy atom. The van der Waals surface area contributed by atoms with Crippen molar-refractivity contribution in [2.75, 3.05) is 6.54 Å². The summed E-state index contributed by atoms with van der Waals surface area (Å²) in [5.74, 6) is 1.02. The second-order valence-electron chi connectivity index (χ2n) is 5.08. The van der Waals surface area contributed by atoms with Crippen LogP contribution in [0.25, 0.3) is 0 Å². The number of hydrogen-bond donors (Lipinski definition) is 1. The average molecular weight is 337 g/mol. The molecular formula is C15H21BrN4. The monoisotopic (exact) mass is 336 g/mol. The van der Waals surface area contributed by atoms with E-state index in [0.29, 0.717) is 6.04 Å². The van der Waals surface area contributed by atoms with Crippen LogP contribution in [0.1, 0.15) is 44.2 Å². The second-order valence-corrected chi connectivity index (χ2v) is 6.00. The first-order valence-corrected chi connectivity index (χ1v) is 7.78. The molecule has 1 atom stereocenters. The van der Waals surface area contributed by atoms with E-state index in [1.165, 1.54) is 5.56 Å². The number of aromatic nitrogens is 3.